The number of benzene rings is 1. The van der Waals surface area contributed by atoms with Gasteiger partial charge in [-0.15, -0.1) is 5.10 Å². The summed E-state index contributed by atoms with van der Waals surface area (Å²) >= 11 is 0. The molecular formula is C22H32F4N2O6. The van der Waals surface area contributed by atoms with E-state index in [1.807, 2.05) is 18.9 Å². The van der Waals surface area contributed by atoms with Crippen molar-refractivity contribution < 1.29 is 47.1 Å². The number of nitrogens with zero attached hydrogens (tertiary/aromatic N) is 1. The minimum Gasteiger partial charge on any atom is -0.497 e. The number of alkyl halides is 4. The summed E-state index contributed by atoms with van der Waals surface area (Å²) in [4.78, 5) is 0. The predicted molar refractivity (Wildman–Crippen MR) is 116 cm³/mol. The average molecular weight is 496 g/mol. The molecular weight excluding hydrogens is 464 g/mol. The summed E-state index contributed by atoms with van der Waals surface area (Å²) in [6.45, 7) is 5.03. The Hall–Kier alpha value is -2.41. The van der Waals surface area contributed by atoms with Gasteiger partial charge >= 0.3 is 6.18 Å². The quantitative estimate of drug-likeness (QED) is 0.471. The summed E-state index contributed by atoms with van der Waals surface area (Å²) in [5, 5.41) is 32.4. The van der Waals surface area contributed by atoms with Crippen LogP contribution in [-0.2, 0) is 17.3 Å². The van der Waals surface area contributed by atoms with Crippen LogP contribution in [0.4, 0.5) is 17.6 Å². The number of aromatic nitrogens is 2. The third kappa shape index (κ3) is 7.55. The first-order chi connectivity index (χ1) is 16.0. The fourth-order valence-corrected chi connectivity index (χ4v) is 3.12. The molecule has 1 aliphatic rings. The molecule has 3 rings (SSSR count). The maximum atomic E-state index is 13.0. The second-order valence-corrected chi connectivity index (χ2v) is 7.10. The van der Waals surface area contributed by atoms with Crippen molar-refractivity contribution in [3.8, 4) is 11.6 Å². The Kier molecular flexibility index (Phi) is 11.7. The first kappa shape index (κ1) is 29.6. The number of aliphatic hydroxyl groups excluding tert-OH is 3. The summed E-state index contributed by atoms with van der Waals surface area (Å²) in [5.74, 6) is 0.595. The number of ether oxygens (including phenoxy) is 3. The van der Waals surface area contributed by atoms with Crippen molar-refractivity contribution in [2.45, 2.75) is 64.0 Å². The summed E-state index contributed by atoms with van der Waals surface area (Å²) in [5.41, 5.74) is -0.189. The van der Waals surface area contributed by atoms with Crippen LogP contribution in [0.2, 0.25) is 0 Å². The number of hydrogen-bond acceptors (Lipinski definition) is 7. The lowest BCUT2D eigenvalue weighted by Crippen LogP contribution is -2.55. The highest BCUT2D eigenvalue weighted by Crippen LogP contribution is 2.35. The molecule has 1 saturated heterocycles. The van der Waals surface area contributed by atoms with Gasteiger partial charge in [-0.2, -0.15) is 13.2 Å². The monoisotopic (exact) mass is 496 g/mol. The van der Waals surface area contributed by atoms with E-state index in [1.54, 1.807) is 24.3 Å². The fraction of sp³-hybridized carbons (Fsp3) is 0.591. The number of rotatable bonds is 5. The van der Waals surface area contributed by atoms with Crippen LogP contribution in [0.1, 0.15) is 37.6 Å². The predicted octanol–water partition coefficient (Wildman–Crippen LogP) is 2.89. The summed E-state index contributed by atoms with van der Waals surface area (Å²) < 4.78 is 66.4. The Morgan fingerprint density at radius 1 is 1.06 bits per heavy atom. The molecule has 5 atom stereocenters. The second-order valence-electron chi connectivity index (χ2n) is 7.10. The molecule has 4 N–H and O–H groups in total. The molecule has 1 aromatic heterocycles. The number of hydrogen-bond donors (Lipinski definition) is 4. The van der Waals surface area contributed by atoms with Gasteiger partial charge in [-0.1, -0.05) is 26.0 Å². The second kappa shape index (κ2) is 13.5. The molecule has 2 heterocycles. The van der Waals surface area contributed by atoms with E-state index in [9.17, 15) is 17.6 Å². The average Bonchev–Trinajstić information content (AvgIpc) is 3.25. The molecule has 194 valence electrons. The fourth-order valence-electron chi connectivity index (χ4n) is 3.12. The highest BCUT2D eigenvalue weighted by Gasteiger charge is 2.42. The van der Waals surface area contributed by atoms with Crippen LogP contribution in [0, 0.1) is 0 Å². The lowest BCUT2D eigenvalue weighted by Gasteiger charge is -2.37. The van der Waals surface area contributed by atoms with E-state index in [0.29, 0.717) is 11.3 Å². The van der Waals surface area contributed by atoms with Gasteiger partial charge in [0.05, 0.1) is 32.5 Å². The first-order valence-corrected chi connectivity index (χ1v) is 10.6. The van der Waals surface area contributed by atoms with Crippen LogP contribution in [0.3, 0.4) is 0 Å². The lowest BCUT2D eigenvalue weighted by molar-refractivity contribution is -0.205. The SMILES string of the molecule is CC.CC1OC(CO)C(F)C(O)C1O.COc1ccc(Cc2c(OC)n[nH]c2C(F)(F)F)cc1. The maximum absolute atomic E-state index is 13.0. The van der Waals surface area contributed by atoms with Crippen molar-refractivity contribution in [3.63, 3.8) is 0 Å². The van der Waals surface area contributed by atoms with Crippen molar-refractivity contribution in [1.29, 1.82) is 0 Å². The van der Waals surface area contributed by atoms with Crippen molar-refractivity contribution >= 4 is 0 Å². The summed E-state index contributed by atoms with van der Waals surface area (Å²) in [7, 11) is 2.81. The van der Waals surface area contributed by atoms with Crippen LogP contribution in [0.25, 0.3) is 0 Å². The molecule has 12 heteroatoms. The molecule has 0 spiro atoms. The number of aliphatic hydroxyl groups is 3. The molecule has 1 fully saturated rings. The number of methoxy groups -OCH3 is 2. The standard InChI is InChI=1S/C13H13F3N2O2.C7H13FO4.C2H6/c1-19-9-5-3-8(4-6-9)7-10-11(13(14,15)16)17-18-12(10)20-2;1-3-6(10)7(11)5(8)4(2-9)12-3;1-2/h3-6H,7H2,1-2H3,(H,17,18);3-7,9-11H,2H2,1H3;1-2H3. The highest BCUT2D eigenvalue weighted by molar-refractivity contribution is 5.38. The maximum Gasteiger partial charge on any atom is 0.433 e. The van der Waals surface area contributed by atoms with Gasteiger partial charge in [0.1, 0.15) is 29.8 Å². The van der Waals surface area contributed by atoms with Gasteiger partial charge in [-0.3, -0.25) is 5.10 Å². The van der Waals surface area contributed by atoms with Crippen LogP contribution in [0.5, 0.6) is 11.6 Å². The molecule has 2 aromatic rings. The van der Waals surface area contributed by atoms with Gasteiger partial charge < -0.3 is 29.5 Å². The first-order valence-electron chi connectivity index (χ1n) is 10.6. The van der Waals surface area contributed by atoms with Crippen molar-refractivity contribution in [2.75, 3.05) is 20.8 Å². The third-order valence-corrected chi connectivity index (χ3v) is 4.93. The van der Waals surface area contributed by atoms with E-state index in [-0.39, 0.29) is 17.9 Å². The Morgan fingerprint density at radius 3 is 2.12 bits per heavy atom. The minimum absolute atomic E-state index is 0.00910. The van der Waals surface area contributed by atoms with E-state index < -0.39 is 49.1 Å². The van der Waals surface area contributed by atoms with Gasteiger partial charge in [0, 0.05) is 6.42 Å². The van der Waals surface area contributed by atoms with E-state index >= 15 is 0 Å². The van der Waals surface area contributed by atoms with Gasteiger partial charge in [0.2, 0.25) is 5.88 Å². The molecule has 5 unspecified atom stereocenters. The molecule has 0 saturated carbocycles. The van der Waals surface area contributed by atoms with E-state index in [1.165, 1.54) is 21.1 Å². The highest BCUT2D eigenvalue weighted by atomic mass is 19.4. The largest absolute Gasteiger partial charge is 0.497 e. The van der Waals surface area contributed by atoms with Crippen LogP contribution in [0.15, 0.2) is 24.3 Å². The lowest BCUT2D eigenvalue weighted by atomic mass is 9.97. The van der Waals surface area contributed by atoms with Crippen molar-refractivity contribution in [2.24, 2.45) is 0 Å². The van der Waals surface area contributed by atoms with E-state index in [2.05, 4.69) is 5.10 Å². The number of H-pyrrole nitrogens is 1. The Bertz CT molecular complexity index is 842. The molecule has 1 aromatic carbocycles. The van der Waals surface area contributed by atoms with Gasteiger partial charge in [-0.05, 0) is 24.6 Å². The molecule has 0 aliphatic carbocycles. The zero-order valence-corrected chi connectivity index (χ0v) is 19.6. The van der Waals surface area contributed by atoms with Gasteiger partial charge in [0.15, 0.2) is 6.17 Å². The Balaban J connectivity index is 0.000000353. The molecule has 0 radical (unpaired) electrons. The Labute approximate surface area is 195 Å². The van der Waals surface area contributed by atoms with Crippen LogP contribution < -0.4 is 9.47 Å². The van der Waals surface area contributed by atoms with Gasteiger partial charge in [-0.25, -0.2) is 4.39 Å². The molecule has 0 amide bonds. The number of nitrogens with one attached hydrogen (secondary N) is 1. The third-order valence-electron chi connectivity index (χ3n) is 4.93. The van der Waals surface area contributed by atoms with Gasteiger partial charge in [0.25, 0.3) is 0 Å². The van der Waals surface area contributed by atoms with Crippen molar-refractivity contribution in [1.82, 2.24) is 10.2 Å². The van der Waals surface area contributed by atoms with Crippen molar-refractivity contribution in [3.05, 3.63) is 41.1 Å². The van der Waals surface area contributed by atoms with Crippen LogP contribution in [-0.4, -0.2) is 76.9 Å². The topological polar surface area (TPSA) is 117 Å². The van der Waals surface area contributed by atoms with E-state index in [0.717, 1.165) is 0 Å². The molecule has 0 bridgehead atoms. The Morgan fingerprint density at radius 2 is 1.65 bits per heavy atom. The molecule has 1 aliphatic heterocycles. The zero-order chi connectivity index (χ0) is 26.1. The minimum atomic E-state index is -4.49. The summed E-state index contributed by atoms with van der Waals surface area (Å²) in [6, 6.07) is 6.78. The number of halogens is 4. The zero-order valence-electron chi connectivity index (χ0n) is 19.6. The normalized spacial score (nSPS) is 24.3. The molecule has 8 nitrogen and oxygen atoms in total. The number of aromatic amines is 1. The molecule has 34 heavy (non-hydrogen) atoms. The smallest absolute Gasteiger partial charge is 0.433 e. The summed E-state index contributed by atoms with van der Waals surface area (Å²) in [6.07, 6.45) is -10.5. The van der Waals surface area contributed by atoms with E-state index in [4.69, 9.17) is 29.5 Å². The van der Waals surface area contributed by atoms with Crippen LogP contribution >= 0.6 is 0 Å².